The summed E-state index contributed by atoms with van der Waals surface area (Å²) < 4.78 is 4.97. The molecule has 3 rings (SSSR count). The number of aliphatic carboxylic acids is 2. The number of rotatable bonds is 13. The largest absolute Gasteiger partial charge is 0.480 e. The van der Waals surface area contributed by atoms with Crippen molar-refractivity contribution in [3.05, 3.63) is 47.2 Å². The number of amides is 3. The molecule has 1 aromatic rings. The second-order valence-electron chi connectivity index (χ2n) is 8.87. The molecule has 1 saturated heterocycles. The zero-order valence-corrected chi connectivity index (χ0v) is 21.7. The van der Waals surface area contributed by atoms with Gasteiger partial charge in [0.2, 0.25) is 5.91 Å². The van der Waals surface area contributed by atoms with Gasteiger partial charge in [0.05, 0.1) is 0 Å². The van der Waals surface area contributed by atoms with Crippen LogP contribution < -0.4 is 10.6 Å². The summed E-state index contributed by atoms with van der Waals surface area (Å²) >= 11 is 1.18. The SMILES string of the molecule is CC(=O)CC(=O)OCC1=C(C(=O)O)N2C(=O)C(NC(=O)CCC[C@@H](NC(=O)c3ccccc3)C(=O)O)[C@H]2SC1. The molecule has 0 spiro atoms. The molecule has 2 heterocycles. The second kappa shape index (κ2) is 13.0. The molecule has 13 nitrogen and oxygen atoms in total. The molecular formula is C25H27N3O10S. The van der Waals surface area contributed by atoms with Crippen LogP contribution in [0.25, 0.3) is 0 Å². The Morgan fingerprint density at radius 1 is 1.13 bits per heavy atom. The zero-order chi connectivity index (χ0) is 28.7. The van der Waals surface area contributed by atoms with E-state index in [1.165, 1.54) is 18.7 Å². The molecule has 2 aliphatic rings. The number of hydrogen-bond donors (Lipinski definition) is 4. The number of carbonyl (C=O) groups is 7. The van der Waals surface area contributed by atoms with Crippen molar-refractivity contribution in [3.8, 4) is 0 Å². The summed E-state index contributed by atoms with van der Waals surface area (Å²) in [6.45, 7) is 0.825. The molecule has 0 aliphatic carbocycles. The molecule has 0 radical (unpaired) electrons. The van der Waals surface area contributed by atoms with Gasteiger partial charge in [0.1, 0.15) is 42.0 Å². The van der Waals surface area contributed by atoms with Crippen LogP contribution in [0, 0.1) is 0 Å². The van der Waals surface area contributed by atoms with Crippen LogP contribution in [0.15, 0.2) is 41.6 Å². The molecular weight excluding hydrogens is 534 g/mol. The standard InChI is InChI=1S/C25H27N3O10S/c1-13(29)10-18(31)38-11-15-12-39-23-19(22(33)28(23)20(15)25(36)37)27-17(30)9-5-8-16(24(34)35)26-21(32)14-6-3-2-4-7-14/h2-4,6-7,16,19,23H,5,8-12H2,1H3,(H,26,32)(H,27,30)(H,34,35)(H,36,37)/t16-,19?,23-/m1/s1. The fourth-order valence-electron chi connectivity index (χ4n) is 4.02. The lowest BCUT2D eigenvalue weighted by atomic mass is 10.0. The monoisotopic (exact) mass is 561 g/mol. The van der Waals surface area contributed by atoms with Gasteiger partial charge in [0, 0.05) is 23.3 Å². The maximum Gasteiger partial charge on any atom is 0.352 e. The number of fused-ring (bicyclic) bond motifs is 1. The summed E-state index contributed by atoms with van der Waals surface area (Å²) in [6, 6.07) is 5.89. The van der Waals surface area contributed by atoms with Crippen molar-refractivity contribution < 1.29 is 48.5 Å². The number of benzene rings is 1. The van der Waals surface area contributed by atoms with Crippen molar-refractivity contribution in [2.24, 2.45) is 0 Å². The highest BCUT2D eigenvalue weighted by molar-refractivity contribution is 8.00. The van der Waals surface area contributed by atoms with Gasteiger partial charge in [-0.2, -0.15) is 0 Å². The Labute approximate surface area is 226 Å². The Kier molecular flexibility index (Phi) is 9.82. The number of nitrogens with one attached hydrogen (secondary N) is 2. The lowest BCUT2D eigenvalue weighted by Crippen LogP contribution is -2.70. The second-order valence-corrected chi connectivity index (χ2v) is 9.98. The number of ether oxygens (including phenoxy) is 1. The minimum Gasteiger partial charge on any atom is -0.480 e. The number of ketones is 1. The van der Waals surface area contributed by atoms with E-state index >= 15 is 0 Å². The molecule has 1 aromatic carbocycles. The lowest BCUT2D eigenvalue weighted by Gasteiger charge is -2.49. The van der Waals surface area contributed by atoms with Gasteiger partial charge in [-0.1, -0.05) is 18.2 Å². The predicted molar refractivity (Wildman–Crippen MR) is 135 cm³/mol. The van der Waals surface area contributed by atoms with Crippen LogP contribution in [0.4, 0.5) is 0 Å². The van der Waals surface area contributed by atoms with Crippen molar-refractivity contribution in [1.82, 2.24) is 15.5 Å². The number of thioether (sulfide) groups is 1. The Balaban J connectivity index is 1.52. The van der Waals surface area contributed by atoms with Crippen LogP contribution in [0.1, 0.15) is 43.0 Å². The van der Waals surface area contributed by atoms with Gasteiger partial charge < -0.3 is 25.6 Å². The summed E-state index contributed by atoms with van der Waals surface area (Å²) in [5.74, 6) is -5.48. The van der Waals surface area contributed by atoms with Gasteiger partial charge in [-0.05, 0) is 31.9 Å². The predicted octanol–water partition coefficient (Wildman–Crippen LogP) is 0.301. The van der Waals surface area contributed by atoms with Gasteiger partial charge in [-0.3, -0.25) is 28.9 Å². The minimum atomic E-state index is -1.40. The van der Waals surface area contributed by atoms with Gasteiger partial charge in [0.25, 0.3) is 11.8 Å². The smallest absolute Gasteiger partial charge is 0.352 e. The quantitative estimate of drug-likeness (QED) is 0.147. The van der Waals surface area contributed by atoms with E-state index < -0.39 is 65.3 Å². The summed E-state index contributed by atoms with van der Waals surface area (Å²) in [6.07, 6.45) is -0.488. The summed E-state index contributed by atoms with van der Waals surface area (Å²) in [7, 11) is 0. The summed E-state index contributed by atoms with van der Waals surface area (Å²) in [5, 5.41) is 23.4. The van der Waals surface area contributed by atoms with Crippen molar-refractivity contribution >= 4 is 53.2 Å². The van der Waals surface area contributed by atoms with Crippen molar-refractivity contribution in [1.29, 1.82) is 0 Å². The van der Waals surface area contributed by atoms with E-state index in [-0.39, 0.29) is 42.9 Å². The fraction of sp³-hybridized carbons (Fsp3) is 0.400. The first-order valence-corrected chi connectivity index (χ1v) is 13.0. The topological polar surface area (TPSA) is 196 Å². The van der Waals surface area contributed by atoms with E-state index in [0.29, 0.717) is 5.56 Å². The highest BCUT2D eigenvalue weighted by atomic mass is 32.2. The molecule has 4 N–H and O–H groups in total. The van der Waals surface area contributed by atoms with Gasteiger partial charge in [-0.25, -0.2) is 9.59 Å². The maximum absolute atomic E-state index is 12.7. The molecule has 3 atom stereocenters. The number of carbonyl (C=O) groups excluding carboxylic acids is 5. The van der Waals surface area contributed by atoms with Crippen LogP contribution in [-0.4, -0.2) is 86.3 Å². The third kappa shape index (κ3) is 7.44. The molecule has 3 amide bonds. The molecule has 1 fully saturated rings. The first-order valence-electron chi connectivity index (χ1n) is 11.9. The lowest BCUT2D eigenvalue weighted by molar-refractivity contribution is -0.151. The van der Waals surface area contributed by atoms with Gasteiger partial charge in [-0.15, -0.1) is 11.8 Å². The number of hydrogen-bond acceptors (Lipinski definition) is 9. The van der Waals surface area contributed by atoms with E-state index in [1.54, 1.807) is 30.3 Å². The molecule has 1 unspecified atom stereocenters. The highest BCUT2D eigenvalue weighted by Crippen LogP contribution is 2.40. The van der Waals surface area contributed by atoms with Crippen LogP contribution >= 0.6 is 11.8 Å². The number of carboxylic acid groups (broad SMARTS) is 2. The summed E-state index contributed by atoms with van der Waals surface area (Å²) in [5.41, 5.74) is 0.158. The van der Waals surface area contributed by atoms with E-state index in [1.807, 2.05) is 0 Å². The Bertz CT molecular complexity index is 1220. The van der Waals surface area contributed by atoms with E-state index in [9.17, 15) is 43.8 Å². The van der Waals surface area contributed by atoms with Crippen LogP contribution in [-0.2, 0) is 33.5 Å². The number of β-lactam (4-membered cyclic amide) rings is 1. The number of nitrogens with zero attached hydrogens (tertiary/aromatic N) is 1. The minimum absolute atomic E-state index is 0.0259. The van der Waals surface area contributed by atoms with Gasteiger partial charge >= 0.3 is 17.9 Å². The van der Waals surface area contributed by atoms with E-state index in [0.717, 1.165) is 4.90 Å². The molecule has 2 aliphatic heterocycles. The maximum atomic E-state index is 12.7. The Hall–Kier alpha value is -4.20. The molecule has 0 saturated carbocycles. The molecule has 208 valence electrons. The third-order valence-corrected chi connectivity index (χ3v) is 7.24. The number of Topliss-reactive ketones (excluding diaryl/α,β-unsaturated/α-hetero) is 1. The van der Waals surface area contributed by atoms with Crippen LogP contribution in [0.5, 0.6) is 0 Å². The highest BCUT2D eigenvalue weighted by Gasteiger charge is 2.54. The molecule has 39 heavy (non-hydrogen) atoms. The molecule has 14 heteroatoms. The van der Waals surface area contributed by atoms with Crippen molar-refractivity contribution in [2.75, 3.05) is 12.4 Å². The normalized spacial score (nSPS) is 18.8. The summed E-state index contributed by atoms with van der Waals surface area (Å²) in [4.78, 5) is 84.6. The molecule has 0 aromatic heterocycles. The van der Waals surface area contributed by atoms with Crippen LogP contribution in [0.2, 0.25) is 0 Å². The van der Waals surface area contributed by atoms with Gasteiger partial charge in [0.15, 0.2) is 0 Å². The van der Waals surface area contributed by atoms with E-state index in [4.69, 9.17) is 4.74 Å². The zero-order valence-electron chi connectivity index (χ0n) is 20.9. The number of carboxylic acids is 2. The average Bonchev–Trinajstić information content (AvgIpc) is 2.89. The Morgan fingerprint density at radius 2 is 1.82 bits per heavy atom. The first-order chi connectivity index (χ1) is 18.5. The third-order valence-electron chi connectivity index (χ3n) is 5.90. The van der Waals surface area contributed by atoms with Crippen molar-refractivity contribution in [2.45, 2.75) is 50.1 Å². The average molecular weight is 562 g/mol. The Morgan fingerprint density at radius 3 is 2.44 bits per heavy atom. The molecule has 0 bridgehead atoms. The van der Waals surface area contributed by atoms with Crippen LogP contribution in [0.3, 0.4) is 0 Å². The first kappa shape index (κ1) is 29.4. The number of esters is 1. The van der Waals surface area contributed by atoms with E-state index in [2.05, 4.69) is 10.6 Å². The van der Waals surface area contributed by atoms with Crippen molar-refractivity contribution in [3.63, 3.8) is 0 Å². The fourth-order valence-corrected chi connectivity index (χ4v) is 5.34.